The second-order valence-electron chi connectivity index (χ2n) is 6.08. The summed E-state index contributed by atoms with van der Waals surface area (Å²) in [6.45, 7) is 2.79. The lowest BCUT2D eigenvalue weighted by molar-refractivity contribution is -0.384. The molecule has 2 N–H and O–H groups in total. The van der Waals surface area contributed by atoms with Crippen LogP contribution in [0.4, 0.5) is 11.4 Å². The van der Waals surface area contributed by atoms with Gasteiger partial charge in [0, 0.05) is 12.1 Å². The molecule has 0 aliphatic carbocycles. The van der Waals surface area contributed by atoms with Crippen molar-refractivity contribution in [1.82, 2.24) is 5.32 Å². The molecular weight excluding hydrogens is 394 g/mol. The SMILES string of the molecule is CCOc1ccccc1C(=O)NCC(=O)OCC(=O)Nc1cc([N+](=O)[O-])ccc1C. The van der Waals surface area contributed by atoms with E-state index in [4.69, 9.17) is 9.47 Å². The highest BCUT2D eigenvalue weighted by atomic mass is 16.6. The second kappa shape index (κ2) is 10.6. The number of amides is 2. The largest absolute Gasteiger partial charge is 0.493 e. The van der Waals surface area contributed by atoms with Crippen molar-refractivity contribution in [3.63, 3.8) is 0 Å². The van der Waals surface area contributed by atoms with E-state index >= 15 is 0 Å². The zero-order chi connectivity index (χ0) is 22.1. The Balaban J connectivity index is 1.84. The Morgan fingerprint density at radius 2 is 1.87 bits per heavy atom. The average Bonchev–Trinajstić information content (AvgIpc) is 2.72. The third-order valence-corrected chi connectivity index (χ3v) is 3.90. The Bertz CT molecular complexity index is 959. The van der Waals surface area contributed by atoms with E-state index in [0.29, 0.717) is 17.9 Å². The van der Waals surface area contributed by atoms with Gasteiger partial charge < -0.3 is 20.1 Å². The van der Waals surface area contributed by atoms with Crippen LogP contribution in [0.15, 0.2) is 42.5 Å². The van der Waals surface area contributed by atoms with Crippen molar-refractivity contribution in [2.24, 2.45) is 0 Å². The molecule has 0 spiro atoms. The summed E-state index contributed by atoms with van der Waals surface area (Å²) in [6, 6.07) is 10.6. The molecule has 0 saturated heterocycles. The number of esters is 1. The van der Waals surface area contributed by atoms with Crippen molar-refractivity contribution >= 4 is 29.2 Å². The van der Waals surface area contributed by atoms with Crippen LogP contribution in [0.25, 0.3) is 0 Å². The number of non-ortho nitro benzene ring substituents is 1. The number of rotatable bonds is 9. The predicted molar refractivity (Wildman–Crippen MR) is 107 cm³/mol. The van der Waals surface area contributed by atoms with E-state index in [9.17, 15) is 24.5 Å². The van der Waals surface area contributed by atoms with Crippen LogP contribution in [0.1, 0.15) is 22.8 Å². The van der Waals surface area contributed by atoms with Crippen molar-refractivity contribution < 1.29 is 28.8 Å². The van der Waals surface area contributed by atoms with Gasteiger partial charge in [0.1, 0.15) is 12.3 Å². The first kappa shape index (κ1) is 22.3. The van der Waals surface area contributed by atoms with E-state index in [1.807, 2.05) is 0 Å². The molecule has 0 atom stereocenters. The lowest BCUT2D eigenvalue weighted by Crippen LogP contribution is -2.32. The Kier molecular flexibility index (Phi) is 7.86. The summed E-state index contributed by atoms with van der Waals surface area (Å²) in [7, 11) is 0. The molecule has 2 aromatic rings. The highest BCUT2D eigenvalue weighted by Crippen LogP contribution is 2.21. The van der Waals surface area contributed by atoms with Gasteiger partial charge in [-0.25, -0.2) is 0 Å². The summed E-state index contributed by atoms with van der Waals surface area (Å²) in [4.78, 5) is 46.3. The molecule has 2 rings (SSSR count). The van der Waals surface area contributed by atoms with Gasteiger partial charge in [0.15, 0.2) is 6.61 Å². The maximum Gasteiger partial charge on any atom is 0.325 e. The van der Waals surface area contributed by atoms with E-state index in [1.165, 1.54) is 18.2 Å². The number of hydrogen-bond donors (Lipinski definition) is 2. The van der Waals surface area contributed by atoms with Gasteiger partial charge in [-0.3, -0.25) is 24.5 Å². The molecule has 0 unspecified atom stereocenters. The number of hydrogen-bond acceptors (Lipinski definition) is 7. The summed E-state index contributed by atoms with van der Waals surface area (Å²) in [5.41, 5.74) is 0.945. The lowest BCUT2D eigenvalue weighted by Gasteiger charge is -2.11. The molecule has 0 radical (unpaired) electrons. The third kappa shape index (κ3) is 6.30. The lowest BCUT2D eigenvalue weighted by atomic mass is 10.2. The van der Waals surface area contributed by atoms with E-state index < -0.39 is 35.9 Å². The Labute approximate surface area is 172 Å². The van der Waals surface area contributed by atoms with Crippen molar-refractivity contribution in [2.75, 3.05) is 25.1 Å². The quantitative estimate of drug-likeness (QED) is 0.364. The summed E-state index contributed by atoms with van der Waals surface area (Å²) >= 11 is 0. The molecule has 10 nitrogen and oxygen atoms in total. The van der Waals surface area contributed by atoms with Crippen LogP contribution < -0.4 is 15.4 Å². The number of carbonyl (C=O) groups excluding carboxylic acids is 3. The minimum absolute atomic E-state index is 0.178. The number of carbonyl (C=O) groups is 3. The number of para-hydroxylation sites is 1. The van der Waals surface area contributed by atoms with Gasteiger partial charge in [0.2, 0.25) is 0 Å². The number of nitrogens with zero attached hydrogens (tertiary/aromatic N) is 1. The van der Waals surface area contributed by atoms with E-state index in [0.717, 1.165) is 0 Å². The van der Waals surface area contributed by atoms with Crippen LogP contribution >= 0.6 is 0 Å². The van der Waals surface area contributed by atoms with E-state index in [-0.39, 0.29) is 16.9 Å². The fourth-order valence-corrected chi connectivity index (χ4v) is 2.42. The van der Waals surface area contributed by atoms with Gasteiger partial charge in [-0.05, 0) is 31.5 Å². The summed E-state index contributed by atoms with van der Waals surface area (Å²) in [5, 5.41) is 15.7. The molecular formula is C20H21N3O7. The molecule has 0 bridgehead atoms. The van der Waals surface area contributed by atoms with Gasteiger partial charge >= 0.3 is 5.97 Å². The molecule has 158 valence electrons. The fourth-order valence-electron chi connectivity index (χ4n) is 2.42. The average molecular weight is 415 g/mol. The van der Waals surface area contributed by atoms with Crippen LogP contribution in [0.3, 0.4) is 0 Å². The molecule has 0 aromatic heterocycles. The van der Waals surface area contributed by atoms with Gasteiger partial charge in [0.25, 0.3) is 17.5 Å². The zero-order valence-electron chi connectivity index (χ0n) is 16.5. The van der Waals surface area contributed by atoms with Crippen LogP contribution in [0, 0.1) is 17.0 Å². The van der Waals surface area contributed by atoms with Crippen molar-refractivity contribution in [2.45, 2.75) is 13.8 Å². The standard InChI is InChI=1S/C20H21N3O7/c1-3-29-17-7-5-4-6-15(17)20(26)21-11-19(25)30-12-18(24)22-16-10-14(23(27)28)9-8-13(16)2/h4-10H,3,11-12H2,1-2H3,(H,21,26)(H,22,24). The Morgan fingerprint density at radius 3 is 2.57 bits per heavy atom. The van der Waals surface area contributed by atoms with E-state index in [1.54, 1.807) is 38.1 Å². The third-order valence-electron chi connectivity index (χ3n) is 3.90. The fraction of sp³-hybridized carbons (Fsp3) is 0.250. The highest BCUT2D eigenvalue weighted by molar-refractivity contribution is 5.98. The predicted octanol–water partition coefficient (Wildman–Crippen LogP) is 2.21. The van der Waals surface area contributed by atoms with Gasteiger partial charge in [-0.15, -0.1) is 0 Å². The van der Waals surface area contributed by atoms with Gasteiger partial charge in [0.05, 0.1) is 22.8 Å². The number of ether oxygens (including phenoxy) is 2. The smallest absolute Gasteiger partial charge is 0.325 e. The van der Waals surface area contributed by atoms with E-state index in [2.05, 4.69) is 10.6 Å². The second-order valence-corrected chi connectivity index (χ2v) is 6.08. The first-order valence-electron chi connectivity index (χ1n) is 9.02. The molecule has 0 heterocycles. The Morgan fingerprint density at radius 1 is 1.13 bits per heavy atom. The zero-order valence-corrected chi connectivity index (χ0v) is 16.5. The number of nitro benzene ring substituents is 1. The van der Waals surface area contributed by atoms with Crippen LogP contribution in [-0.4, -0.2) is 42.5 Å². The first-order chi connectivity index (χ1) is 14.3. The molecule has 30 heavy (non-hydrogen) atoms. The number of anilines is 1. The van der Waals surface area contributed by atoms with Gasteiger partial charge in [-0.1, -0.05) is 18.2 Å². The van der Waals surface area contributed by atoms with Gasteiger partial charge in [-0.2, -0.15) is 0 Å². The number of benzene rings is 2. The first-order valence-corrected chi connectivity index (χ1v) is 9.02. The van der Waals surface area contributed by atoms with Crippen LogP contribution in [0.2, 0.25) is 0 Å². The number of aryl methyl sites for hydroxylation is 1. The highest BCUT2D eigenvalue weighted by Gasteiger charge is 2.15. The maximum atomic E-state index is 12.2. The topological polar surface area (TPSA) is 137 Å². The minimum atomic E-state index is -0.817. The molecule has 2 amide bonds. The molecule has 2 aromatic carbocycles. The number of nitro groups is 1. The summed E-state index contributed by atoms with van der Waals surface area (Å²) in [5.74, 6) is -1.62. The summed E-state index contributed by atoms with van der Waals surface area (Å²) < 4.78 is 10.2. The maximum absolute atomic E-state index is 12.2. The molecule has 0 saturated carbocycles. The van der Waals surface area contributed by atoms with Crippen LogP contribution in [-0.2, 0) is 14.3 Å². The van der Waals surface area contributed by atoms with Crippen molar-refractivity contribution in [3.8, 4) is 5.75 Å². The molecule has 10 heteroatoms. The molecule has 0 aliphatic heterocycles. The Hall–Kier alpha value is -3.95. The summed E-state index contributed by atoms with van der Waals surface area (Å²) in [6.07, 6.45) is 0. The molecule has 0 aliphatic rings. The molecule has 0 fully saturated rings. The number of nitrogens with one attached hydrogen (secondary N) is 2. The van der Waals surface area contributed by atoms with Crippen molar-refractivity contribution in [3.05, 3.63) is 63.7 Å². The van der Waals surface area contributed by atoms with Crippen LogP contribution in [0.5, 0.6) is 5.75 Å². The normalized spacial score (nSPS) is 10.1. The minimum Gasteiger partial charge on any atom is -0.493 e. The van der Waals surface area contributed by atoms with Crippen molar-refractivity contribution in [1.29, 1.82) is 0 Å². The monoisotopic (exact) mass is 415 g/mol.